The second-order valence-corrected chi connectivity index (χ2v) is 10.8. The molecule has 0 fully saturated rings. The van der Waals surface area contributed by atoms with Crippen LogP contribution in [0.4, 0.5) is 27.6 Å². The van der Waals surface area contributed by atoms with Gasteiger partial charge in [0.05, 0.1) is 12.8 Å². The van der Waals surface area contributed by atoms with Gasteiger partial charge in [0, 0.05) is 0 Å². The monoisotopic (exact) mass is 565 g/mol. The zero-order valence-electron chi connectivity index (χ0n) is 19.9. The highest BCUT2D eigenvalue weighted by Crippen LogP contribution is 2.58. The SMILES string of the molecule is COc1ccc(N=C(O[P+](c2ccccc2)(c2ccccc2)c2ccccc2)C(F)(F)C(F)(F)F)cc1.[Cl-]. The summed E-state index contributed by atoms with van der Waals surface area (Å²) in [5.74, 6) is -6.73. The van der Waals surface area contributed by atoms with Gasteiger partial charge >= 0.3 is 18.0 Å². The number of nitrogens with zero attached hydrogens (tertiary/aromatic N) is 1. The van der Waals surface area contributed by atoms with Crippen molar-refractivity contribution in [3.05, 3.63) is 115 Å². The molecule has 0 saturated heterocycles. The van der Waals surface area contributed by atoms with Crippen LogP contribution in [0.2, 0.25) is 0 Å². The van der Waals surface area contributed by atoms with Gasteiger partial charge in [-0.05, 0) is 60.7 Å². The van der Waals surface area contributed by atoms with Gasteiger partial charge in [-0.15, -0.1) is 0 Å². The standard InChI is InChI=1S/C28H22F5NO2P.ClH/c1-35-22-19-17-21(18-20-22)34-26(27(29,30)28(31,32)33)36-37(23-11-5-2-6-12-23,24-13-7-3-8-14-24)25-15-9-4-10-16-25;/h2-20H,1H3;1H/q+1;/p-1. The van der Waals surface area contributed by atoms with Crippen LogP contribution in [-0.4, -0.2) is 25.1 Å². The molecule has 0 aliphatic heterocycles. The number of benzene rings is 4. The van der Waals surface area contributed by atoms with Crippen molar-refractivity contribution < 1.29 is 43.6 Å². The highest BCUT2D eigenvalue weighted by atomic mass is 35.5. The summed E-state index contributed by atoms with van der Waals surface area (Å²) in [7, 11) is -2.16. The van der Waals surface area contributed by atoms with Gasteiger partial charge in [0.15, 0.2) is 0 Å². The van der Waals surface area contributed by atoms with E-state index in [2.05, 4.69) is 4.99 Å². The Morgan fingerprint density at radius 1 is 0.632 bits per heavy atom. The summed E-state index contributed by atoms with van der Waals surface area (Å²) in [4.78, 5) is 3.73. The molecule has 0 aromatic heterocycles. The number of aliphatic imine (C=N–C) groups is 1. The first kappa shape index (κ1) is 29.1. The molecule has 0 atom stereocenters. The van der Waals surface area contributed by atoms with Crippen LogP contribution < -0.4 is 33.1 Å². The van der Waals surface area contributed by atoms with Crippen LogP contribution in [0, 0.1) is 0 Å². The summed E-state index contributed by atoms with van der Waals surface area (Å²) in [5, 5.41) is 1.36. The largest absolute Gasteiger partial charge is 1.00 e. The minimum atomic E-state index is -5.95. The fourth-order valence-electron chi connectivity index (χ4n) is 3.69. The topological polar surface area (TPSA) is 30.8 Å². The van der Waals surface area contributed by atoms with E-state index in [1.165, 1.54) is 31.4 Å². The molecular formula is C28H22ClF5NO2P. The molecule has 0 unspecified atom stereocenters. The molecule has 0 N–H and O–H groups in total. The van der Waals surface area contributed by atoms with Crippen molar-refractivity contribution in [2.24, 2.45) is 4.99 Å². The zero-order valence-corrected chi connectivity index (χ0v) is 21.6. The van der Waals surface area contributed by atoms with Crippen LogP contribution in [0.5, 0.6) is 5.75 Å². The number of halogens is 6. The molecule has 0 aliphatic carbocycles. The second kappa shape index (κ2) is 11.9. The predicted molar refractivity (Wildman–Crippen MR) is 137 cm³/mol. The summed E-state index contributed by atoms with van der Waals surface area (Å²) < 4.78 is 82.6. The molecule has 0 aliphatic rings. The van der Waals surface area contributed by atoms with Gasteiger partial charge in [0.2, 0.25) is 0 Å². The molecular weight excluding hydrogens is 544 g/mol. The molecule has 0 spiro atoms. The van der Waals surface area contributed by atoms with E-state index >= 15 is 8.78 Å². The second-order valence-electron chi connectivity index (χ2n) is 7.89. The summed E-state index contributed by atoms with van der Waals surface area (Å²) in [6.07, 6.45) is -5.95. The van der Waals surface area contributed by atoms with Crippen LogP contribution >= 0.6 is 7.49 Å². The molecule has 4 aromatic rings. The number of hydrogen-bond acceptors (Lipinski definition) is 3. The normalized spacial score (nSPS) is 12.4. The van der Waals surface area contributed by atoms with Gasteiger partial charge in [0.25, 0.3) is 7.49 Å². The first-order valence-electron chi connectivity index (χ1n) is 11.1. The molecule has 0 saturated carbocycles. The average Bonchev–Trinajstić information content (AvgIpc) is 2.92. The van der Waals surface area contributed by atoms with Gasteiger partial charge in [-0.25, -0.2) is 4.99 Å². The van der Waals surface area contributed by atoms with Crippen LogP contribution in [0.25, 0.3) is 0 Å². The molecule has 198 valence electrons. The first-order valence-corrected chi connectivity index (χ1v) is 12.8. The fraction of sp³-hybridized carbons (Fsp3) is 0.107. The number of rotatable bonds is 7. The number of ether oxygens (including phenoxy) is 1. The zero-order chi connectivity index (χ0) is 26.5. The van der Waals surface area contributed by atoms with E-state index in [1.54, 1.807) is 91.0 Å². The van der Waals surface area contributed by atoms with Crippen molar-refractivity contribution in [1.82, 2.24) is 0 Å². The first-order chi connectivity index (χ1) is 17.7. The minimum Gasteiger partial charge on any atom is -1.00 e. The maximum Gasteiger partial charge on any atom is 0.463 e. The summed E-state index contributed by atoms with van der Waals surface area (Å²) in [6, 6.07) is 30.6. The van der Waals surface area contributed by atoms with Crippen molar-refractivity contribution in [1.29, 1.82) is 0 Å². The summed E-state index contributed by atoms with van der Waals surface area (Å²) >= 11 is 0. The lowest BCUT2D eigenvalue weighted by atomic mass is 10.3. The molecule has 3 nitrogen and oxygen atoms in total. The molecule has 0 radical (unpaired) electrons. The summed E-state index contributed by atoms with van der Waals surface area (Å²) in [5.41, 5.74) is -0.146. The maximum absolute atomic E-state index is 15.1. The molecule has 0 amide bonds. The Morgan fingerprint density at radius 2 is 1.03 bits per heavy atom. The van der Waals surface area contributed by atoms with Crippen molar-refractivity contribution in [3.63, 3.8) is 0 Å². The Bertz CT molecular complexity index is 1240. The average molecular weight is 566 g/mol. The molecule has 0 bridgehead atoms. The molecule has 0 heterocycles. The van der Waals surface area contributed by atoms with Gasteiger partial charge in [-0.3, -0.25) is 0 Å². The molecule has 4 aromatic carbocycles. The quantitative estimate of drug-likeness (QED) is 0.148. The number of methoxy groups -OCH3 is 1. The predicted octanol–water partition coefficient (Wildman–Crippen LogP) is 3.85. The van der Waals surface area contributed by atoms with Crippen LogP contribution in [0.15, 0.2) is 120 Å². The van der Waals surface area contributed by atoms with E-state index < -0.39 is 25.5 Å². The van der Waals surface area contributed by atoms with E-state index in [4.69, 9.17) is 9.26 Å². The van der Waals surface area contributed by atoms with Crippen LogP contribution in [0.3, 0.4) is 0 Å². The van der Waals surface area contributed by atoms with Crippen molar-refractivity contribution in [2.45, 2.75) is 12.1 Å². The van der Waals surface area contributed by atoms with Gasteiger partial charge in [0.1, 0.15) is 21.7 Å². The Labute approximate surface area is 223 Å². The van der Waals surface area contributed by atoms with Gasteiger partial charge < -0.3 is 21.7 Å². The third-order valence-electron chi connectivity index (χ3n) is 5.51. The van der Waals surface area contributed by atoms with Crippen molar-refractivity contribution in [2.75, 3.05) is 7.11 Å². The Morgan fingerprint density at radius 3 is 1.37 bits per heavy atom. The lowest BCUT2D eigenvalue weighted by molar-refractivity contribution is -0.253. The lowest BCUT2D eigenvalue weighted by Crippen LogP contribution is -3.00. The molecule has 10 heteroatoms. The lowest BCUT2D eigenvalue weighted by Gasteiger charge is -2.29. The summed E-state index contributed by atoms with van der Waals surface area (Å²) in [6.45, 7) is 0. The highest BCUT2D eigenvalue weighted by Gasteiger charge is 2.67. The number of alkyl halides is 5. The Balaban J connectivity index is 0.00000400. The van der Waals surface area contributed by atoms with E-state index in [-0.39, 0.29) is 18.1 Å². The highest BCUT2D eigenvalue weighted by molar-refractivity contribution is 7.92. The molecule has 4 rings (SSSR count). The van der Waals surface area contributed by atoms with E-state index in [9.17, 15) is 13.2 Å². The van der Waals surface area contributed by atoms with Crippen LogP contribution in [-0.2, 0) is 4.52 Å². The van der Waals surface area contributed by atoms with Crippen molar-refractivity contribution >= 4 is 35.0 Å². The van der Waals surface area contributed by atoms with E-state index in [0.717, 1.165) is 0 Å². The third-order valence-corrected chi connectivity index (χ3v) is 9.03. The number of hydrogen-bond donors (Lipinski definition) is 0. The Kier molecular flexibility index (Phi) is 9.13. The Hall–Kier alpha value is -3.48. The maximum atomic E-state index is 15.1. The van der Waals surface area contributed by atoms with Gasteiger partial charge in [-0.1, -0.05) is 54.6 Å². The minimum absolute atomic E-state index is 0. The fourth-order valence-corrected chi connectivity index (χ4v) is 7.09. The molecule has 38 heavy (non-hydrogen) atoms. The van der Waals surface area contributed by atoms with E-state index in [0.29, 0.717) is 21.7 Å². The van der Waals surface area contributed by atoms with Gasteiger partial charge in [-0.2, -0.15) is 22.0 Å². The van der Waals surface area contributed by atoms with E-state index in [1.807, 2.05) is 0 Å². The van der Waals surface area contributed by atoms with Crippen molar-refractivity contribution in [3.8, 4) is 5.75 Å². The third kappa shape index (κ3) is 5.82. The smallest absolute Gasteiger partial charge is 0.463 e. The van der Waals surface area contributed by atoms with Crippen LogP contribution in [0.1, 0.15) is 0 Å².